The summed E-state index contributed by atoms with van der Waals surface area (Å²) in [5.74, 6) is 0.981. The fraction of sp³-hybridized carbons (Fsp3) is 1.00. The Balaban J connectivity index is 1.82. The molecule has 0 bridgehead atoms. The smallest absolute Gasteiger partial charge is 0.0468 e. The Labute approximate surface area is 89.2 Å². The van der Waals surface area contributed by atoms with E-state index in [4.69, 9.17) is 4.74 Å². The SMILES string of the molecule is CCCCCOCCC1CCCCC1. The Morgan fingerprint density at radius 3 is 2.50 bits per heavy atom. The van der Waals surface area contributed by atoms with Gasteiger partial charge in [-0.25, -0.2) is 0 Å². The molecule has 0 N–H and O–H groups in total. The zero-order valence-electron chi connectivity index (χ0n) is 9.76. The summed E-state index contributed by atoms with van der Waals surface area (Å²) >= 11 is 0. The topological polar surface area (TPSA) is 9.23 Å². The van der Waals surface area contributed by atoms with Crippen molar-refractivity contribution < 1.29 is 4.74 Å². The molecule has 1 rings (SSSR count). The minimum atomic E-state index is 0.981. The highest BCUT2D eigenvalue weighted by atomic mass is 16.5. The van der Waals surface area contributed by atoms with Crippen LogP contribution in [0.2, 0.25) is 0 Å². The van der Waals surface area contributed by atoms with Crippen LogP contribution in [0.25, 0.3) is 0 Å². The molecule has 0 unspecified atom stereocenters. The molecule has 1 aliphatic carbocycles. The second-order valence-corrected chi connectivity index (χ2v) is 4.61. The summed E-state index contributed by atoms with van der Waals surface area (Å²) in [7, 11) is 0. The van der Waals surface area contributed by atoms with Gasteiger partial charge in [0.2, 0.25) is 0 Å². The lowest BCUT2D eigenvalue weighted by Gasteiger charge is -2.21. The van der Waals surface area contributed by atoms with Gasteiger partial charge in [0.15, 0.2) is 0 Å². The standard InChI is InChI=1S/C13H26O/c1-2-3-7-11-14-12-10-13-8-5-4-6-9-13/h13H,2-12H2,1H3. The Hall–Kier alpha value is -0.0400. The lowest BCUT2D eigenvalue weighted by atomic mass is 9.87. The van der Waals surface area contributed by atoms with Crippen LogP contribution in [0.1, 0.15) is 64.7 Å². The Kier molecular flexibility index (Phi) is 7.12. The molecule has 0 aromatic rings. The summed E-state index contributed by atoms with van der Waals surface area (Å²) < 4.78 is 5.64. The molecule has 0 radical (unpaired) electrons. The van der Waals surface area contributed by atoms with Crippen LogP contribution in [0, 0.1) is 5.92 Å². The third-order valence-electron chi connectivity index (χ3n) is 3.29. The average Bonchev–Trinajstić information content (AvgIpc) is 2.25. The summed E-state index contributed by atoms with van der Waals surface area (Å²) in [6, 6.07) is 0. The van der Waals surface area contributed by atoms with Gasteiger partial charge < -0.3 is 4.74 Å². The second-order valence-electron chi connectivity index (χ2n) is 4.61. The highest BCUT2D eigenvalue weighted by molar-refractivity contribution is 4.65. The molecule has 0 aromatic carbocycles. The van der Waals surface area contributed by atoms with E-state index in [1.165, 1.54) is 57.8 Å². The maximum Gasteiger partial charge on any atom is 0.0468 e. The van der Waals surface area contributed by atoms with E-state index in [-0.39, 0.29) is 0 Å². The van der Waals surface area contributed by atoms with Crippen molar-refractivity contribution in [1.29, 1.82) is 0 Å². The lowest BCUT2D eigenvalue weighted by molar-refractivity contribution is 0.110. The highest BCUT2D eigenvalue weighted by Gasteiger charge is 2.12. The van der Waals surface area contributed by atoms with Crippen molar-refractivity contribution in [1.82, 2.24) is 0 Å². The first-order chi connectivity index (χ1) is 6.93. The Morgan fingerprint density at radius 2 is 1.79 bits per heavy atom. The van der Waals surface area contributed by atoms with Crippen LogP contribution in [0.4, 0.5) is 0 Å². The minimum Gasteiger partial charge on any atom is -0.381 e. The van der Waals surface area contributed by atoms with Crippen LogP contribution in [0.5, 0.6) is 0 Å². The molecule has 1 nitrogen and oxygen atoms in total. The van der Waals surface area contributed by atoms with Gasteiger partial charge in [0, 0.05) is 13.2 Å². The van der Waals surface area contributed by atoms with Crippen molar-refractivity contribution in [3.8, 4) is 0 Å². The third kappa shape index (κ3) is 5.64. The summed E-state index contributed by atoms with van der Waals surface area (Å²) in [5, 5.41) is 0. The van der Waals surface area contributed by atoms with Crippen molar-refractivity contribution in [3.05, 3.63) is 0 Å². The molecule has 0 aromatic heterocycles. The molecule has 0 aliphatic heterocycles. The van der Waals surface area contributed by atoms with Crippen LogP contribution in [0.15, 0.2) is 0 Å². The van der Waals surface area contributed by atoms with Crippen LogP contribution in [-0.2, 0) is 4.74 Å². The molecule has 1 fully saturated rings. The second kappa shape index (κ2) is 8.28. The predicted octanol–water partition coefficient (Wildman–Crippen LogP) is 4.16. The predicted molar refractivity (Wildman–Crippen MR) is 61.5 cm³/mol. The maximum absolute atomic E-state index is 5.64. The molecule has 0 atom stereocenters. The first-order valence-electron chi connectivity index (χ1n) is 6.51. The molecule has 14 heavy (non-hydrogen) atoms. The highest BCUT2D eigenvalue weighted by Crippen LogP contribution is 2.25. The van der Waals surface area contributed by atoms with E-state index in [0.717, 1.165) is 19.1 Å². The molecule has 0 saturated heterocycles. The van der Waals surface area contributed by atoms with Crippen molar-refractivity contribution in [2.24, 2.45) is 5.92 Å². The van der Waals surface area contributed by atoms with Gasteiger partial charge in [0.25, 0.3) is 0 Å². The molecule has 0 heterocycles. The van der Waals surface area contributed by atoms with E-state index in [1.807, 2.05) is 0 Å². The van der Waals surface area contributed by atoms with Crippen molar-refractivity contribution in [2.75, 3.05) is 13.2 Å². The maximum atomic E-state index is 5.64. The number of hydrogen-bond acceptors (Lipinski definition) is 1. The number of unbranched alkanes of at least 4 members (excludes halogenated alkanes) is 2. The monoisotopic (exact) mass is 198 g/mol. The Morgan fingerprint density at radius 1 is 1.00 bits per heavy atom. The fourth-order valence-corrected chi connectivity index (χ4v) is 2.28. The van der Waals surface area contributed by atoms with Crippen LogP contribution in [-0.4, -0.2) is 13.2 Å². The molecule has 1 heteroatoms. The third-order valence-corrected chi connectivity index (χ3v) is 3.29. The summed E-state index contributed by atoms with van der Waals surface area (Å²) in [4.78, 5) is 0. The van der Waals surface area contributed by atoms with Crippen molar-refractivity contribution in [3.63, 3.8) is 0 Å². The van der Waals surface area contributed by atoms with E-state index in [9.17, 15) is 0 Å². The van der Waals surface area contributed by atoms with Crippen molar-refractivity contribution in [2.45, 2.75) is 64.7 Å². The fourth-order valence-electron chi connectivity index (χ4n) is 2.28. The van der Waals surface area contributed by atoms with E-state index in [0.29, 0.717) is 0 Å². The summed E-state index contributed by atoms with van der Waals surface area (Å²) in [5.41, 5.74) is 0. The van der Waals surface area contributed by atoms with E-state index in [2.05, 4.69) is 6.92 Å². The van der Waals surface area contributed by atoms with Crippen molar-refractivity contribution >= 4 is 0 Å². The molecule has 0 amide bonds. The molecule has 1 saturated carbocycles. The average molecular weight is 198 g/mol. The zero-order chi connectivity index (χ0) is 10.1. The minimum absolute atomic E-state index is 0.981. The zero-order valence-corrected chi connectivity index (χ0v) is 9.76. The molecule has 0 spiro atoms. The van der Waals surface area contributed by atoms with Gasteiger partial charge in [0.05, 0.1) is 0 Å². The first kappa shape index (κ1) is 12.0. The number of ether oxygens (including phenoxy) is 1. The first-order valence-corrected chi connectivity index (χ1v) is 6.51. The van der Waals surface area contributed by atoms with Crippen LogP contribution >= 0.6 is 0 Å². The van der Waals surface area contributed by atoms with E-state index >= 15 is 0 Å². The summed E-state index contributed by atoms with van der Waals surface area (Å²) in [6.45, 7) is 4.23. The van der Waals surface area contributed by atoms with Gasteiger partial charge in [-0.2, -0.15) is 0 Å². The van der Waals surface area contributed by atoms with Gasteiger partial charge in [-0.1, -0.05) is 51.9 Å². The van der Waals surface area contributed by atoms with E-state index in [1.54, 1.807) is 0 Å². The Bertz CT molecular complexity index is 116. The number of rotatable bonds is 7. The van der Waals surface area contributed by atoms with Gasteiger partial charge in [-0.05, 0) is 18.8 Å². The molecule has 84 valence electrons. The largest absolute Gasteiger partial charge is 0.381 e. The van der Waals surface area contributed by atoms with Crippen LogP contribution < -0.4 is 0 Å². The van der Waals surface area contributed by atoms with Gasteiger partial charge in [0.1, 0.15) is 0 Å². The lowest BCUT2D eigenvalue weighted by Crippen LogP contribution is -2.09. The van der Waals surface area contributed by atoms with Crippen LogP contribution in [0.3, 0.4) is 0 Å². The van der Waals surface area contributed by atoms with Gasteiger partial charge in [-0.3, -0.25) is 0 Å². The molecular weight excluding hydrogens is 172 g/mol. The molecule has 1 aliphatic rings. The van der Waals surface area contributed by atoms with Gasteiger partial charge in [-0.15, -0.1) is 0 Å². The van der Waals surface area contributed by atoms with E-state index < -0.39 is 0 Å². The molecular formula is C13H26O. The summed E-state index contributed by atoms with van der Waals surface area (Å²) in [6.07, 6.45) is 12.5. The normalized spacial score (nSPS) is 18.6. The quantitative estimate of drug-likeness (QED) is 0.558. The van der Waals surface area contributed by atoms with Gasteiger partial charge >= 0.3 is 0 Å². The number of hydrogen-bond donors (Lipinski definition) is 0.